The monoisotopic (exact) mass is 202 g/mol. The molecule has 1 saturated carbocycles. The molecule has 0 aromatic heterocycles. The molecule has 0 saturated heterocycles. The number of hydrogen-bond acceptors (Lipinski definition) is 1. The minimum absolute atomic E-state index is 0.166. The Hall–Kier alpha value is -1.19. The number of rotatable bonds is 2. The molecule has 1 nitrogen and oxygen atoms in total. The number of hydrogen-bond donors (Lipinski definition) is 0. The van der Waals surface area contributed by atoms with E-state index in [4.69, 9.17) is 4.74 Å². The lowest BCUT2D eigenvalue weighted by Crippen LogP contribution is -2.25. The van der Waals surface area contributed by atoms with Crippen LogP contribution in [0.3, 0.4) is 0 Å². The Morgan fingerprint density at radius 3 is 2.29 bits per heavy atom. The molecule has 0 bridgehead atoms. The quantitative estimate of drug-likeness (QED) is 0.670. The van der Waals surface area contributed by atoms with Crippen molar-refractivity contribution in [2.75, 3.05) is 0 Å². The van der Waals surface area contributed by atoms with Crippen LogP contribution in [0.1, 0.15) is 19.3 Å². The van der Waals surface area contributed by atoms with Crippen molar-refractivity contribution in [3.8, 4) is 5.75 Å². The largest absolute Gasteiger partial charge is 0.484 e. The van der Waals surface area contributed by atoms with Crippen LogP contribution in [0.4, 0.5) is 13.2 Å². The molecule has 0 unspecified atom stereocenters. The summed E-state index contributed by atoms with van der Waals surface area (Å²) in [5.74, 6) is -3.76. The van der Waals surface area contributed by atoms with Crippen LogP contribution in [0.25, 0.3) is 0 Å². The summed E-state index contributed by atoms with van der Waals surface area (Å²) < 4.78 is 43.8. The van der Waals surface area contributed by atoms with E-state index in [0.29, 0.717) is 0 Å². The van der Waals surface area contributed by atoms with E-state index in [9.17, 15) is 13.2 Å². The Bertz CT molecular complexity index is 347. The first kappa shape index (κ1) is 9.37. The van der Waals surface area contributed by atoms with Crippen molar-refractivity contribution in [3.63, 3.8) is 0 Å². The molecule has 0 spiro atoms. The van der Waals surface area contributed by atoms with Gasteiger partial charge in [-0.3, -0.25) is 0 Å². The van der Waals surface area contributed by atoms with Gasteiger partial charge in [0.2, 0.25) is 5.82 Å². The van der Waals surface area contributed by atoms with Crippen molar-refractivity contribution in [1.82, 2.24) is 0 Å². The molecule has 14 heavy (non-hydrogen) atoms. The molecule has 0 amide bonds. The van der Waals surface area contributed by atoms with Crippen LogP contribution < -0.4 is 4.74 Å². The first-order valence-electron chi connectivity index (χ1n) is 4.48. The molecule has 1 aliphatic rings. The maximum atomic E-state index is 13.0. The van der Waals surface area contributed by atoms with Crippen LogP contribution in [0.5, 0.6) is 5.75 Å². The smallest absolute Gasteiger partial charge is 0.203 e. The van der Waals surface area contributed by atoms with Gasteiger partial charge in [-0.2, -0.15) is 4.39 Å². The molecule has 1 fully saturated rings. The molecular formula is C10H9F3O. The highest BCUT2D eigenvalue weighted by Gasteiger charge is 2.24. The second-order valence-corrected chi connectivity index (χ2v) is 3.34. The van der Waals surface area contributed by atoms with Crippen LogP contribution in [-0.4, -0.2) is 6.10 Å². The normalized spacial score (nSPS) is 16.5. The van der Waals surface area contributed by atoms with Crippen LogP contribution in [0.15, 0.2) is 12.1 Å². The van der Waals surface area contributed by atoms with Crippen LogP contribution >= 0.6 is 0 Å². The summed E-state index contributed by atoms with van der Waals surface area (Å²) in [6.45, 7) is 0. The zero-order valence-corrected chi connectivity index (χ0v) is 7.40. The van der Waals surface area contributed by atoms with Crippen molar-refractivity contribution in [1.29, 1.82) is 0 Å². The molecule has 2 rings (SSSR count). The molecule has 0 heterocycles. The predicted octanol–water partition coefficient (Wildman–Crippen LogP) is 3.04. The van der Waals surface area contributed by atoms with Crippen molar-refractivity contribution >= 4 is 0 Å². The number of benzene rings is 1. The Labute approximate surface area is 79.5 Å². The van der Waals surface area contributed by atoms with E-state index in [0.717, 1.165) is 31.4 Å². The summed E-state index contributed by atoms with van der Waals surface area (Å²) in [4.78, 5) is 0. The van der Waals surface area contributed by atoms with E-state index in [1.54, 1.807) is 0 Å². The van der Waals surface area contributed by atoms with Gasteiger partial charge in [0.05, 0.1) is 6.10 Å². The SMILES string of the molecule is Fc1ccc(F)c(OC2CCC2)c1F. The Balaban J connectivity index is 2.25. The molecule has 0 aliphatic heterocycles. The van der Waals surface area contributed by atoms with Gasteiger partial charge in [-0.1, -0.05) is 0 Å². The highest BCUT2D eigenvalue weighted by atomic mass is 19.2. The highest BCUT2D eigenvalue weighted by molar-refractivity contribution is 5.27. The van der Waals surface area contributed by atoms with E-state index in [1.807, 2.05) is 0 Å². The lowest BCUT2D eigenvalue weighted by molar-refractivity contribution is 0.108. The summed E-state index contributed by atoms with van der Waals surface area (Å²) in [6.07, 6.45) is 2.37. The zero-order chi connectivity index (χ0) is 10.1. The van der Waals surface area contributed by atoms with E-state index >= 15 is 0 Å². The van der Waals surface area contributed by atoms with Gasteiger partial charge in [0.15, 0.2) is 17.4 Å². The topological polar surface area (TPSA) is 9.23 Å². The fraction of sp³-hybridized carbons (Fsp3) is 0.400. The number of ether oxygens (including phenoxy) is 1. The molecular weight excluding hydrogens is 193 g/mol. The van der Waals surface area contributed by atoms with Crippen molar-refractivity contribution in [3.05, 3.63) is 29.6 Å². The van der Waals surface area contributed by atoms with Gasteiger partial charge < -0.3 is 4.74 Å². The third kappa shape index (κ3) is 1.56. The molecule has 0 N–H and O–H groups in total. The maximum absolute atomic E-state index is 13.0. The third-order valence-electron chi connectivity index (χ3n) is 2.34. The van der Waals surface area contributed by atoms with Gasteiger partial charge in [-0.25, -0.2) is 8.78 Å². The van der Waals surface area contributed by atoms with Crippen LogP contribution in [0.2, 0.25) is 0 Å². The minimum Gasteiger partial charge on any atom is -0.484 e. The summed E-state index contributed by atoms with van der Waals surface area (Å²) in [5.41, 5.74) is 0. The summed E-state index contributed by atoms with van der Waals surface area (Å²) in [5, 5.41) is 0. The van der Waals surface area contributed by atoms with E-state index in [2.05, 4.69) is 0 Å². The van der Waals surface area contributed by atoms with Crippen LogP contribution in [0, 0.1) is 17.5 Å². The van der Waals surface area contributed by atoms with E-state index < -0.39 is 23.2 Å². The lowest BCUT2D eigenvalue weighted by Gasteiger charge is -2.26. The molecule has 1 aromatic carbocycles. The van der Waals surface area contributed by atoms with Crippen molar-refractivity contribution in [2.45, 2.75) is 25.4 Å². The first-order chi connectivity index (χ1) is 6.68. The van der Waals surface area contributed by atoms with Gasteiger partial charge in [0, 0.05) is 0 Å². The fourth-order valence-electron chi connectivity index (χ4n) is 1.27. The molecule has 76 valence electrons. The summed E-state index contributed by atoms with van der Waals surface area (Å²) >= 11 is 0. The second kappa shape index (κ2) is 3.52. The molecule has 1 aromatic rings. The van der Waals surface area contributed by atoms with E-state index in [1.165, 1.54) is 0 Å². The van der Waals surface area contributed by atoms with Crippen LogP contribution in [-0.2, 0) is 0 Å². The van der Waals surface area contributed by atoms with Gasteiger partial charge in [0.25, 0.3) is 0 Å². The van der Waals surface area contributed by atoms with Gasteiger partial charge in [0.1, 0.15) is 0 Å². The lowest BCUT2D eigenvalue weighted by atomic mass is 9.96. The Kier molecular flexibility index (Phi) is 2.35. The standard InChI is InChI=1S/C10H9F3O/c11-7-4-5-8(12)10(9(7)13)14-6-2-1-3-6/h4-6H,1-3H2. The van der Waals surface area contributed by atoms with Gasteiger partial charge in [-0.15, -0.1) is 0 Å². The first-order valence-corrected chi connectivity index (χ1v) is 4.48. The molecule has 4 heteroatoms. The second-order valence-electron chi connectivity index (χ2n) is 3.34. The summed E-state index contributed by atoms with van der Waals surface area (Å²) in [7, 11) is 0. The predicted molar refractivity (Wildman–Crippen MR) is 44.6 cm³/mol. The van der Waals surface area contributed by atoms with Gasteiger partial charge >= 0.3 is 0 Å². The fourth-order valence-corrected chi connectivity index (χ4v) is 1.27. The molecule has 0 atom stereocenters. The van der Waals surface area contributed by atoms with E-state index in [-0.39, 0.29) is 6.10 Å². The molecule has 0 radical (unpaired) electrons. The zero-order valence-electron chi connectivity index (χ0n) is 7.40. The van der Waals surface area contributed by atoms with Crippen molar-refractivity contribution < 1.29 is 17.9 Å². The molecule has 1 aliphatic carbocycles. The average Bonchev–Trinajstić information content (AvgIpc) is 2.09. The maximum Gasteiger partial charge on any atom is 0.203 e. The summed E-state index contributed by atoms with van der Waals surface area (Å²) in [6, 6.07) is 1.62. The van der Waals surface area contributed by atoms with Gasteiger partial charge in [-0.05, 0) is 31.4 Å². The van der Waals surface area contributed by atoms with Crippen molar-refractivity contribution in [2.24, 2.45) is 0 Å². The minimum atomic E-state index is -1.24. The Morgan fingerprint density at radius 2 is 1.71 bits per heavy atom. The average molecular weight is 202 g/mol. The Morgan fingerprint density at radius 1 is 1.07 bits per heavy atom. The number of halogens is 3. The highest BCUT2D eigenvalue weighted by Crippen LogP contribution is 2.30. The third-order valence-corrected chi connectivity index (χ3v) is 2.34.